The van der Waals surface area contributed by atoms with Gasteiger partial charge in [0.15, 0.2) is 0 Å². The van der Waals surface area contributed by atoms with Gasteiger partial charge in [-0.25, -0.2) is 8.42 Å². The minimum Gasteiger partial charge on any atom is -0.399 e. The fourth-order valence-electron chi connectivity index (χ4n) is 2.82. The van der Waals surface area contributed by atoms with Crippen LogP contribution in [0, 0.1) is 18.8 Å². The molecule has 0 aromatic heterocycles. The maximum absolute atomic E-state index is 12.7. The summed E-state index contributed by atoms with van der Waals surface area (Å²) in [7, 11) is -3.41. The van der Waals surface area contributed by atoms with E-state index in [0.717, 1.165) is 18.4 Å². The quantitative estimate of drug-likeness (QED) is 0.872. The number of rotatable bonds is 3. The molecule has 0 radical (unpaired) electrons. The van der Waals surface area contributed by atoms with Crippen LogP contribution in [0.5, 0.6) is 0 Å². The molecule has 2 N–H and O–H groups in total. The van der Waals surface area contributed by atoms with Crippen molar-refractivity contribution in [3.05, 3.63) is 23.8 Å². The lowest BCUT2D eigenvalue weighted by Gasteiger charge is -2.33. The van der Waals surface area contributed by atoms with Gasteiger partial charge in [-0.15, -0.1) is 0 Å². The summed E-state index contributed by atoms with van der Waals surface area (Å²) in [6.07, 6.45) is 1.89. The molecule has 0 bridgehead atoms. The van der Waals surface area contributed by atoms with Gasteiger partial charge in [0, 0.05) is 18.8 Å². The Morgan fingerprint density at radius 2 is 1.85 bits per heavy atom. The van der Waals surface area contributed by atoms with Gasteiger partial charge in [0.25, 0.3) is 0 Å². The topological polar surface area (TPSA) is 63.4 Å². The number of anilines is 1. The lowest BCUT2D eigenvalue weighted by molar-refractivity contribution is 0.226. The summed E-state index contributed by atoms with van der Waals surface area (Å²) in [4.78, 5) is 0.348. The molecule has 0 unspecified atom stereocenters. The summed E-state index contributed by atoms with van der Waals surface area (Å²) in [6.45, 7) is 7.44. The largest absolute Gasteiger partial charge is 0.399 e. The first-order valence-corrected chi connectivity index (χ1v) is 8.62. The van der Waals surface area contributed by atoms with Gasteiger partial charge in [-0.05, 0) is 49.3 Å². The molecule has 20 heavy (non-hydrogen) atoms. The van der Waals surface area contributed by atoms with Crippen LogP contribution < -0.4 is 5.73 Å². The van der Waals surface area contributed by atoms with Crippen LogP contribution in [0.15, 0.2) is 23.1 Å². The van der Waals surface area contributed by atoms with Gasteiger partial charge < -0.3 is 5.73 Å². The number of sulfonamides is 1. The van der Waals surface area contributed by atoms with E-state index in [1.165, 1.54) is 0 Å². The van der Waals surface area contributed by atoms with E-state index in [9.17, 15) is 8.42 Å². The maximum Gasteiger partial charge on any atom is 0.243 e. The van der Waals surface area contributed by atoms with E-state index in [0.29, 0.717) is 35.5 Å². The van der Waals surface area contributed by atoms with Crippen LogP contribution in [-0.2, 0) is 10.0 Å². The van der Waals surface area contributed by atoms with Crippen molar-refractivity contribution in [3.63, 3.8) is 0 Å². The Labute approximate surface area is 122 Å². The molecule has 1 fully saturated rings. The molecule has 1 aromatic rings. The summed E-state index contributed by atoms with van der Waals surface area (Å²) in [6, 6.07) is 5.07. The van der Waals surface area contributed by atoms with E-state index in [2.05, 4.69) is 13.8 Å². The van der Waals surface area contributed by atoms with Crippen molar-refractivity contribution in [2.24, 2.45) is 11.8 Å². The Bertz CT molecular complexity index is 574. The Hall–Kier alpha value is -1.07. The summed E-state index contributed by atoms with van der Waals surface area (Å²) in [5.74, 6) is 1.25. The molecule has 112 valence electrons. The first kappa shape index (κ1) is 15.3. The van der Waals surface area contributed by atoms with Crippen molar-refractivity contribution in [2.75, 3.05) is 18.8 Å². The standard InChI is InChI=1S/C15H24N2O2S/c1-11(2)13-6-8-17(9-7-13)20(18,19)15-10-14(16)5-4-12(15)3/h4-5,10-11,13H,6-9,16H2,1-3H3. The number of piperidine rings is 1. The van der Waals surface area contributed by atoms with Crippen LogP contribution in [0.2, 0.25) is 0 Å². The summed E-state index contributed by atoms with van der Waals surface area (Å²) >= 11 is 0. The van der Waals surface area contributed by atoms with Crippen LogP contribution in [0.4, 0.5) is 5.69 Å². The third-order valence-corrected chi connectivity index (χ3v) is 6.31. The molecule has 0 spiro atoms. The van der Waals surface area contributed by atoms with Crippen molar-refractivity contribution in [1.82, 2.24) is 4.31 Å². The minimum atomic E-state index is -3.41. The Morgan fingerprint density at radius 3 is 2.40 bits per heavy atom. The second kappa shape index (κ2) is 5.74. The highest BCUT2D eigenvalue weighted by molar-refractivity contribution is 7.89. The average Bonchev–Trinajstić information content (AvgIpc) is 2.41. The van der Waals surface area contributed by atoms with E-state index in [4.69, 9.17) is 5.73 Å². The molecule has 0 amide bonds. The summed E-state index contributed by atoms with van der Waals surface area (Å²) in [5.41, 5.74) is 6.98. The van der Waals surface area contributed by atoms with Crippen LogP contribution in [0.1, 0.15) is 32.3 Å². The van der Waals surface area contributed by atoms with E-state index in [-0.39, 0.29) is 0 Å². The molecule has 0 saturated carbocycles. The zero-order chi connectivity index (χ0) is 14.9. The normalized spacial score (nSPS) is 18.6. The molecule has 0 aliphatic carbocycles. The van der Waals surface area contributed by atoms with Gasteiger partial charge in [0.1, 0.15) is 0 Å². The first-order chi connectivity index (χ1) is 9.32. The third kappa shape index (κ3) is 2.99. The van der Waals surface area contributed by atoms with E-state index in [1.54, 1.807) is 22.5 Å². The zero-order valence-electron chi connectivity index (χ0n) is 12.5. The van der Waals surface area contributed by atoms with Gasteiger partial charge in [0.05, 0.1) is 4.90 Å². The molecule has 0 atom stereocenters. The lowest BCUT2D eigenvalue weighted by atomic mass is 9.87. The van der Waals surface area contributed by atoms with Crippen molar-refractivity contribution < 1.29 is 8.42 Å². The molecule has 5 heteroatoms. The van der Waals surface area contributed by atoms with Gasteiger partial charge in [-0.1, -0.05) is 19.9 Å². The number of aryl methyl sites for hydroxylation is 1. The number of nitrogen functional groups attached to an aromatic ring is 1. The van der Waals surface area contributed by atoms with Gasteiger partial charge in [0.2, 0.25) is 10.0 Å². The second-order valence-electron chi connectivity index (χ2n) is 6.01. The predicted octanol–water partition coefficient (Wildman–Crippen LogP) is 2.63. The third-order valence-electron chi connectivity index (χ3n) is 4.27. The molecule has 1 aliphatic heterocycles. The molecule has 1 aliphatic rings. The molecule has 1 saturated heterocycles. The summed E-state index contributed by atoms with van der Waals surface area (Å²) < 4.78 is 27.0. The number of nitrogens with zero attached hydrogens (tertiary/aromatic N) is 1. The lowest BCUT2D eigenvalue weighted by Crippen LogP contribution is -2.39. The second-order valence-corrected chi connectivity index (χ2v) is 7.92. The van der Waals surface area contributed by atoms with Crippen molar-refractivity contribution in [3.8, 4) is 0 Å². The predicted molar refractivity (Wildman–Crippen MR) is 81.9 cm³/mol. The molecule has 1 heterocycles. The minimum absolute atomic E-state index is 0.348. The molecule has 4 nitrogen and oxygen atoms in total. The fraction of sp³-hybridized carbons (Fsp3) is 0.600. The Kier molecular flexibility index (Phi) is 4.39. The molecule has 2 rings (SSSR count). The number of nitrogens with two attached hydrogens (primary N) is 1. The molecular weight excluding hydrogens is 272 g/mol. The summed E-state index contributed by atoms with van der Waals surface area (Å²) in [5, 5.41) is 0. The average molecular weight is 296 g/mol. The highest BCUT2D eigenvalue weighted by Crippen LogP contribution is 2.29. The molecular formula is C15H24N2O2S. The Balaban J connectivity index is 2.22. The van der Waals surface area contributed by atoms with Crippen molar-refractivity contribution >= 4 is 15.7 Å². The van der Waals surface area contributed by atoms with Crippen molar-refractivity contribution in [1.29, 1.82) is 0 Å². The van der Waals surface area contributed by atoms with Gasteiger partial charge in [-0.3, -0.25) is 0 Å². The molecule has 1 aromatic carbocycles. The highest BCUT2D eigenvalue weighted by Gasteiger charge is 2.31. The Morgan fingerprint density at radius 1 is 1.25 bits per heavy atom. The number of hydrogen-bond acceptors (Lipinski definition) is 3. The first-order valence-electron chi connectivity index (χ1n) is 7.18. The van der Waals surface area contributed by atoms with E-state index < -0.39 is 10.0 Å². The SMILES string of the molecule is Cc1ccc(N)cc1S(=O)(=O)N1CCC(C(C)C)CC1. The van der Waals surface area contributed by atoms with Crippen LogP contribution >= 0.6 is 0 Å². The van der Waals surface area contributed by atoms with Gasteiger partial charge in [-0.2, -0.15) is 4.31 Å². The van der Waals surface area contributed by atoms with Crippen LogP contribution in [0.3, 0.4) is 0 Å². The van der Waals surface area contributed by atoms with E-state index >= 15 is 0 Å². The maximum atomic E-state index is 12.7. The number of hydrogen-bond donors (Lipinski definition) is 1. The van der Waals surface area contributed by atoms with Gasteiger partial charge >= 0.3 is 0 Å². The van der Waals surface area contributed by atoms with Crippen LogP contribution in [0.25, 0.3) is 0 Å². The van der Waals surface area contributed by atoms with E-state index in [1.807, 2.05) is 6.92 Å². The zero-order valence-corrected chi connectivity index (χ0v) is 13.3. The fourth-order valence-corrected chi connectivity index (χ4v) is 4.55. The van der Waals surface area contributed by atoms with Crippen molar-refractivity contribution in [2.45, 2.75) is 38.5 Å². The monoisotopic (exact) mass is 296 g/mol. The highest BCUT2D eigenvalue weighted by atomic mass is 32.2. The smallest absolute Gasteiger partial charge is 0.243 e. The van der Waals surface area contributed by atoms with Crippen LogP contribution in [-0.4, -0.2) is 25.8 Å². The number of benzene rings is 1.